The van der Waals surface area contributed by atoms with E-state index in [1.165, 1.54) is 104 Å². The summed E-state index contributed by atoms with van der Waals surface area (Å²) < 4.78 is 0. The Labute approximate surface area is 382 Å². The van der Waals surface area contributed by atoms with Crippen LogP contribution in [0.15, 0.2) is 194 Å². The van der Waals surface area contributed by atoms with E-state index in [0.717, 1.165) is 17.1 Å². The highest BCUT2D eigenvalue weighted by molar-refractivity contribution is 5.92. The van der Waals surface area contributed by atoms with E-state index in [1.807, 2.05) is 0 Å². The number of rotatable bonds is 8. The van der Waals surface area contributed by atoms with Gasteiger partial charge in [-0.15, -0.1) is 0 Å². The molecule has 64 heavy (non-hydrogen) atoms. The largest absolute Gasteiger partial charge is 0.310 e. The van der Waals surface area contributed by atoms with Crippen LogP contribution in [-0.4, -0.2) is 0 Å². The molecule has 318 valence electrons. The first-order valence-electron chi connectivity index (χ1n) is 23.6. The highest BCUT2D eigenvalue weighted by Crippen LogP contribution is 2.58. The molecule has 0 spiro atoms. The highest BCUT2D eigenvalue weighted by Gasteiger charge is 2.46. The van der Waals surface area contributed by atoms with Gasteiger partial charge < -0.3 is 4.90 Å². The lowest BCUT2D eigenvalue weighted by Crippen LogP contribution is -2.29. The van der Waals surface area contributed by atoms with E-state index in [2.05, 4.69) is 241 Å². The first kappa shape index (κ1) is 41.6. The maximum absolute atomic E-state index is 2.50. The van der Waals surface area contributed by atoms with Gasteiger partial charge in [-0.25, -0.2) is 0 Å². The zero-order valence-electron chi connectivity index (χ0n) is 38.5. The molecule has 0 bridgehead atoms. The number of anilines is 3. The van der Waals surface area contributed by atoms with Crippen molar-refractivity contribution >= 4 is 17.1 Å². The average molecular weight is 832 g/mol. The second-order valence-electron chi connectivity index (χ2n) is 20.4. The molecule has 0 aliphatic heterocycles. The van der Waals surface area contributed by atoms with Crippen LogP contribution in [0.5, 0.6) is 0 Å². The Morgan fingerprint density at radius 1 is 0.406 bits per heavy atom. The normalized spacial score (nSPS) is 14.8. The molecule has 0 unspecified atom stereocenters. The lowest BCUT2D eigenvalue weighted by Gasteiger charge is -2.36. The summed E-state index contributed by atoms with van der Waals surface area (Å²) in [7, 11) is 0. The van der Waals surface area contributed by atoms with Crippen molar-refractivity contribution in [2.75, 3.05) is 4.90 Å². The third kappa shape index (κ3) is 7.49. The van der Waals surface area contributed by atoms with Gasteiger partial charge in [0, 0.05) is 16.9 Å². The van der Waals surface area contributed by atoms with Crippen LogP contribution in [0.2, 0.25) is 0 Å². The summed E-state index contributed by atoms with van der Waals surface area (Å²) in [5.74, 6) is 0.702. The van der Waals surface area contributed by atoms with Crippen LogP contribution in [0, 0.1) is 0 Å². The molecule has 0 atom stereocenters. The fraction of sp³-hybridized carbons (Fsp3) is 0.238. The van der Waals surface area contributed by atoms with Gasteiger partial charge in [-0.1, -0.05) is 225 Å². The Morgan fingerprint density at radius 2 is 0.906 bits per heavy atom. The molecule has 0 aromatic heterocycles. The SMILES string of the molecule is CC(C)(C)c1ccc(C2(c3ccc(C(C)(C)C)cc3)c3ccccc3-c3ccc(N(c4ccc(-c5ccc(C6CCCCC6)cc5)cc4)c4ccccc4-c4ccccc4)cc32)cc1. The van der Waals surface area contributed by atoms with E-state index in [-0.39, 0.29) is 10.8 Å². The van der Waals surface area contributed by atoms with Gasteiger partial charge in [0.2, 0.25) is 0 Å². The Kier molecular flexibility index (Phi) is 10.8. The van der Waals surface area contributed by atoms with Gasteiger partial charge in [-0.05, 0) is 127 Å². The molecule has 8 aromatic carbocycles. The van der Waals surface area contributed by atoms with Crippen LogP contribution >= 0.6 is 0 Å². The molecule has 0 heterocycles. The number of nitrogens with zero attached hydrogens (tertiary/aromatic N) is 1. The lowest BCUT2D eigenvalue weighted by atomic mass is 9.67. The first-order valence-corrected chi connectivity index (χ1v) is 23.6. The van der Waals surface area contributed by atoms with Crippen molar-refractivity contribution in [2.24, 2.45) is 0 Å². The number of hydrogen-bond acceptors (Lipinski definition) is 1. The topological polar surface area (TPSA) is 3.24 Å². The maximum atomic E-state index is 2.50. The molecule has 0 amide bonds. The van der Waals surface area contributed by atoms with Crippen LogP contribution in [-0.2, 0) is 16.2 Å². The monoisotopic (exact) mass is 831 g/mol. The Morgan fingerprint density at radius 3 is 1.50 bits per heavy atom. The fourth-order valence-corrected chi connectivity index (χ4v) is 10.8. The third-order valence-electron chi connectivity index (χ3n) is 14.3. The molecule has 1 nitrogen and oxygen atoms in total. The average Bonchev–Trinajstić information content (AvgIpc) is 3.62. The Hall–Kier alpha value is -6.44. The summed E-state index contributed by atoms with van der Waals surface area (Å²) in [4.78, 5) is 2.48. The smallest absolute Gasteiger partial charge is 0.0714 e. The summed E-state index contributed by atoms with van der Waals surface area (Å²) in [5, 5.41) is 0. The van der Waals surface area contributed by atoms with Gasteiger partial charge in [0.05, 0.1) is 11.1 Å². The van der Waals surface area contributed by atoms with Crippen molar-refractivity contribution in [3.8, 4) is 33.4 Å². The molecular formula is C63H61N. The Bertz CT molecular complexity index is 2820. The minimum Gasteiger partial charge on any atom is -0.310 e. The van der Waals surface area contributed by atoms with Crippen molar-refractivity contribution in [3.63, 3.8) is 0 Å². The van der Waals surface area contributed by atoms with Gasteiger partial charge >= 0.3 is 0 Å². The quantitative estimate of drug-likeness (QED) is 0.147. The molecule has 0 radical (unpaired) electrons. The molecule has 1 fully saturated rings. The third-order valence-corrected chi connectivity index (χ3v) is 14.3. The van der Waals surface area contributed by atoms with Crippen LogP contribution in [0.25, 0.3) is 33.4 Å². The molecule has 8 aromatic rings. The highest BCUT2D eigenvalue weighted by atomic mass is 15.1. The van der Waals surface area contributed by atoms with Gasteiger partial charge in [0.1, 0.15) is 0 Å². The lowest BCUT2D eigenvalue weighted by molar-refractivity contribution is 0.443. The fourth-order valence-electron chi connectivity index (χ4n) is 10.8. The van der Waals surface area contributed by atoms with Crippen LogP contribution in [0.3, 0.4) is 0 Å². The number of hydrogen-bond donors (Lipinski definition) is 0. The van der Waals surface area contributed by atoms with Crippen molar-refractivity contribution in [3.05, 3.63) is 233 Å². The zero-order valence-corrected chi connectivity index (χ0v) is 38.5. The van der Waals surface area contributed by atoms with Gasteiger partial charge in [0.25, 0.3) is 0 Å². The second-order valence-corrected chi connectivity index (χ2v) is 20.4. The van der Waals surface area contributed by atoms with E-state index < -0.39 is 5.41 Å². The summed E-state index contributed by atoms with van der Waals surface area (Å²) in [6, 6.07) is 73.8. The minimum atomic E-state index is -0.549. The number of benzene rings is 8. The van der Waals surface area contributed by atoms with E-state index in [1.54, 1.807) is 0 Å². The van der Waals surface area contributed by atoms with E-state index in [9.17, 15) is 0 Å². The summed E-state index contributed by atoms with van der Waals surface area (Å²) in [6.07, 6.45) is 6.72. The first-order chi connectivity index (χ1) is 31.0. The van der Waals surface area contributed by atoms with Crippen molar-refractivity contribution in [1.82, 2.24) is 0 Å². The van der Waals surface area contributed by atoms with E-state index in [4.69, 9.17) is 0 Å². The van der Waals surface area contributed by atoms with E-state index in [0.29, 0.717) is 5.92 Å². The van der Waals surface area contributed by atoms with Gasteiger partial charge in [0.15, 0.2) is 0 Å². The molecule has 2 aliphatic rings. The molecule has 2 aliphatic carbocycles. The minimum absolute atomic E-state index is 0.0410. The molecule has 1 saturated carbocycles. The molecule has 0 saturated heterocycles. The van der Waals surface area contributed by atoms with Crippen molar-refractivity contribution < 1.29 is 0 Å². The number of para-hydroxylation sites is 1. The van der Waals surface area contributed by atoms with Crippen LogP contribution < -0.4 is 4.90 Å². The molecule has 0 N–H and O–H groups in total. The predicted octanol–water partition coefficient (Wildman–Crippen LogP) is 17.5. The summed E-state index contributed by atoms with van der Waals surface area (Å²) in [5.41, 5.74) is 19.7. The summed E-state index contributed by atoms with van der Waals surface area (Å²) in [6.45, 7) is 13.8. The number of fused-ring (bicyclic) bond motifs is 3. The van der Waals surface area contributed by atoms with Crippen LogP contribution in [0.4, 0.5) is 17.1 Å². The molecular weight excluding hydrogens is 771 g/mol. The van der Waals surface area contributed by atoms with Crippen LogP contribution in [0.1, 0.15) is 119 Å². The van der Waals surface area contributed by atoms with E-state index >= 15 is 0 Å². The zero-order chi connectivity index (χ0) is 44.1. The molecule has 1 heteroatoms. The standard InChI is InChI=1S/C63H61N/c1-61(2,3)49-31-35-51(36-32-49)63(52-37-33-50(34-38-52)62(4,5)6)58-23-15-13-22-56(58)57-42-41-54(43-59(57)63)64(60-24-16-14-21-55(60)48-19-11-8-12-20-48)53-39-29-47(30-40-53)46-27-25-45(26-28-46)44-17-9-7-10-18-44/h8,11-16,19-44H,7,9-10,17-18H2,1-6H3. The molecule has 10 rings (SSSR count). The summed E-state index contributed by atoms with van der Waals surface area (Å²) >= 11 is 0. The Balaban J connectivity index is 1.17. The maximum Gasteiger partial charge on any atom is 0.0714 e. The second kappa shape index (κ2) is 16.6. The van der Waals surface area contributed by atoms with Crippen molar-refractivity contribution in [2.45, 2.75) is 95.8 Å². The van der Waals surface area contributed by atoms with Gasteiger partial charge in [-0.3, -0.25) is 0 Å². The van der Waals surface area contributed by atoms with Gasteiger partial charge in [-0.2, -0.15) is 0 Å². The van der Waals surface area contributed by atoms with Crippen molar-refractivity contribution in [1.29, 1.82) is 0 Å². The predicted molar refractivity (Wildman–Crippen MR) is 273 cm³/mol.